The minimum absolute atomic E-state index is 0.0621. The number of ether oxygens (including phenoxy) is 1. The first kappa shape index (κ1) is 13.9. The first-order valence-corrected chi connectivity index (χ1v) is 5.23. The summed E-state index contributed by atoms with van der Waals surface area (Å²) in [6.07, 6.45) is 0. The molecule has 0 aliphatic heterocycles. The van der Waals surface area contributed by atoms with Crippen LogP contribution in [0.5, 0.6) is 5.75 Å². The van der Waals surface area contributed by atoms with Crippen molar-refractivity contribution < 1.29 is 19.6 Å². The lowest BCUT2D eigenvalue weighted by molar-refractivity contribution is -0.385. The largest absolute Gasteiger partial charge is 0.485 e. The van der Waals surface area contributed by atoms with Crippen molar-refractivity contribution in [1.29, 1.82) is 0 Å². The van der Waals surface area contributed by atoms with Gasteiger partial charge >= 0.3 is 11.7 Å². The lowest BCUT2D eigenvalue weighted by Gasteiger charge is -2.12. The van der Waals surface area contributed by atoms with Crippen molar-refractivity contribution in [2.75, 3.05) is 13.7 Å². The Labute approximate surface area is 104 Å². The number of hydrogen-bond acceptors (Lipinski definition) is 5. The van der Waals surface area contributed by atoms with E-state index in [1.165, 1.54) is 19.2 Å². The Morgan fingerprint density at radius 1 is 1.61 bits per heavy atom. The van der Waals surface area contributed by atoms with Gasteiger partial charge in [0.05, 0.1) is 4.92 Å². The molecule has 0 radical (unpaired) electrons. The number of likely N-dealkylation sites (N-methyl/N-ethyl adjacent to an activating group) is 1. The summed E-state index contributed by atoms with van der Waals surface area (Å²) < 4.78 is 5.18. The highest BCUT2D eigenvalue weighted by atomic mass is 16.6. The average Bonchev–Trinajstić information content (AvgIpc) is 2.30. The first-order valence-electron chi connectivity index (χ1n) is 5.23. The van der Waals surface area contributed by atoms with E-state index in [0.717, 1.165) is 5.56 Å². The van der Waals surface area contributed by atoms with E-state index in [1.807, 2.05) is 0 Å². The van der Waals surface area contributed by atoms with Crippen LogP contribution in [0, 0.1) is 17.0 Å². The third kappa shape index (κ3) is 3.42. The monoisotopic (exact) mass is 254 g/mol. The molecule has 18 heavy (non-hydrogen) atoms. The fraction of sp³-hybridized carbons (Fsp3) is 0.364. The maximum atomic E-state index is 10.8. The number of rotatable bonds is 6. The van der Waals surface area contributed by atoms with Gasteiger partial charge in [0.2, 0.25) is 0 Å². The van der Waals surface area contributed by atoms with Gasteiger partial charge in [-0.25, -0.2) is 0 Å². The van der Waals surface area contributed by atoms with Gasteiger partial charge in [-0.3, -0.25) is 14.9 Å². The minimum Gasteiger partial charge on any atom is -0.485 e. The molecule has 2 N–H and O–H groups in total. The average molecular weight is 254 g/mol. The van der Waals surface area contributed by atoms with Crippen LogP contribution in [0.1, 0.15) is 5.56 Å². The number of carbonyl (C=O) groups is 1. The van der Waals surface area contributed by atoms with Gasteiger partial charge in [-0.1, -0.05) is 6.07 Å². The third-order valence-corrected chi connectivity index (χ3v) is 2.36. The van der Waals surface area contributed by atoms with E-state index in [1.54, 1.807) is 13.0 Å². The molecular weight excluding hydrogens is 240 g/mol. The molecule has 0 saturated carbocycles. The summed E-state index contributed by atoms with van der Waals surface area (Å²) in [6.45, 7) is 1.54. The molecule has 0 spiro atoms. The predicted molar refractivity (Wildman–Crippen MR) is 63.8 cm³/mol. The maximum Gasteiger partial charge on any atom is 0.324 e. The van der Waals surface area contributed by atoms with Crippen LogP contribution in [0.4, 0.5) is 5.69 Å². The van der Waals surface area contributed by atoms with Gasteiger partial charge in [-0.15, -0.1) is 0 Å². The molecule has 0 aliphatic rings. The normalized spacial score (nSPS) is 11.9. The van der Waals surface area contributed by atoms with Crippen LogP contribution in [-0.2, 0) is 4.79 Å². The Morgan fingerprint density at radius 3 is 2.78 bits per heavy atom. The van der Waals surface area contributed by atoms with Crippen LogP contribution in [0.25, 0.3) is 0 Å². The van der Waals surface area contributed by atoms with E-state index in [0.29, 0.717) is 0 Å². The van der Waals surface area contributed by atoms with E-state index in [-0.39, 0.29) is 18.0 Å². The van der Waals surface area contributed by atoms with E-state index >= 15 is 0 Å². The van der Waals surface area contributed by atoms with Crippen molar-refractivity contribution in [3.63, 3.8) is 0 Å². The molecule has 0 heterocycles. The molecule has 7 heteroatoms. The van der Waals surface area contributed by atoms with Crippen LogP contribution in [-0.4, -0.2) is 35.7 Å². The number of carboxylic acids is 1. The molecule has 1 atom stereocenters. The minimum atomic E-state index is -1.08. The van der Waals surface area contributed by atoms with E-state index in [2.05, 4.69) is 5.32 Å². The van der Waals surface area contributed by atoms with Gasteiger partial charge in [-0.2, -0.15) is 0 Å². The van der Waals surface area contributed by atoms with E-state index in [4.69, 9.17) is 9.84 Å². The Hall–Kier alpha value is -2.15. The Bertz CT molecular complexity index is 461. The zero-order valence-electron chi connectivity index (χ0n) is 10.0. The van der Waals surface area contributed by atoms with E-state index < -0.39 is 16.9 Å². The lowest BCUT2D eigenvalue weighted by atomic mass is 10.2. The summed E-state index contributed by atoms with van der Waals surface area (Å²) in [6, 6.07) is 3.59. The van der Waals surface area contributed by atoms with Crippen molar-refractivity contribution in [2.24, 2.45) is 0 Å². The Kier molecular flexibility index (Phi) is 4.61. The highest BCUT2D eigenvalue weighted by Crippen LogP contribution is 2.27. The van der Waals surface area contributed by atoms with Gasteiger partial charge in [0, 0.05) is 6.07 Å². The van der Waals surface area contributed by atoms with Crippen molar-refractivity contribution in [1.82, 2.24) is 5.32 Å². The number of nitrogens with zero attached hydrogens (tertiary/aromatic N) is 1. The Balaban J connectivity index is 2.84. The first-order chi connectivity index (χ1) is 8.45. The summed E-state index contributed by atoms with van der Waals surface area (Å²) in [7, 11) is 1.48. The van der Waals surface area contributed by atoms with Crippen molar-refractivity contribution in [3.8, 4) is 5.75 Å². The molecule has 98 valence electrons. The van der Waals surface area contributed by atoms with Gasteiger partial charge in [0.15, 0.2) is 5.75 Å². The van der Waals surface area contributed by atoms with Crippen LogP contribution >= 0.6 is 0 Å². The second-order valence-electron chi connectivity index (χ2n) is 3.72. The van der Waals surface area contributed by atoms with Gasteiger partial charge < -0.3 is 15.2 Å². The second kappa shape index (κ2) is 5.97. The molecule has 7 nitrogen and oxygen atoms in total. The highest BCUT2D eigenvalue weighted by molar-refractivity contribution is 5.73. The van der Waals surface area contributed by atoms with Crippen molar-refractivity contribution in [2.45, 2.75) is 13.0 Å². The molecule has 0 amide bonds. The summed E-state index contributed by atoms with van der Waals surface area (Å²) in [5.74, 6) is -1.01. The fourth-order valence-electron chi connectivity index (χ4n) is 1.34. The summed E-state index contributed by atoms with van der Waals surface area (Å²) in [5, 5.41) is 22.2. The fourth-order valence-corrected chi connectivity index (χ4v) is 1.34. The van der Waals surface area contributed by atoms with Crippen molar-refractivity contribution in [3.05, 3.63) is 33.9 Å². The summed E-state index contributed by atoms with van der Waals surface area (Å²) in [4.78, 5) is 21.0. The van der Waals surface area contributed by atoms with Gasteiger partial charge in [0.25, 0.3) is 0 Å². The van der Waals surface area contributed by atoms with Crippen LogP contribution in [0.15, 0.2) is 18.2 Å². The SMILES string of the molecule is CNC(COc1ccc(C)cc1[N+](=O)[O-])C(=O)O. The lowest BCUT2D eigenvalue weighted by Crippen LogP contribution is -2.39. The van der Waals surface area contributed by atoms with Gasteiger partial charge in [0.1, 0.15) is 12.6 Å². The van der Waals surface area contributed by atoms with Gasteiger partial charge in [-0.05, 0) is 25.6 Å². The number of carboxylic acid groups (broad SMARTS) is 1. The quantitative estimate of drug-likeness (QED) is 0.579. The maximum absolute atomic E-state index is 10.8. The number of aryl methyl sites for hydroxylation is 1. The molecule has 0 bridgehead atoms. The van der Waals surface area contributed by atoms with Crippen molar-refractivity contribution >= 4 is 11.7 Å². The molecule has 0 aliphatic carbocycles. The number of aliphatic carboxylic acids is 1. The predicted octanol–water partition coefficient (Wildman–Crippen LogP) is 0.955. The molecule has 0 saturated heterocycles. The van der Waals surface area contributed by atoms with E-state index in [9.17, 15) is 14.9 Å². The second-order valence-corrected chi connectivity index (χ2v) is 3.72. The molecule has 0 fully saturated rings. The Morgan fingerprint density at radius 2 is 2.28 bits per heavy atom. The topological polar surface area (TPSA) is 102 Å². The molecule has 0 aromatic heterocycles. The molecule has 1 aromatic carbocycles. The van der Waals surface area contributed by atoms with Crippen LogP contribution in [0.2, 0.25) is 0 Å². The summed E-state index contributed by atoms with van der Waals surface area (Å²) in [5.41, 5.74) is 0.563. The molecular formula is C11H14N2O5. The summed E-state index contributed by atoms with van der Waals surface area (Å²) >= 11 is 0. The zero-order chi connectivity index (χ0) is 13.7. The zero-order valence-corrected chi connectivity index (χ0v) is 10.0. The number of nitro benzene ring substituents is 1. The number of nitrogens with one attached hydrogen (secondary N) is 1. The highest BCUT2D eigenvalue weighted by Gasteiger charge is 2.19. The molecule has 1 aromatic rings. The molecule has 1 unspecified atom stereocenters. The number of hydrogen-bond donors (Lipinski definition) is 2. The number of benzene rings is 1. The smallest absolute Gasteiger partial charge is 0.324 e. The standard InChI is InChI=1S/C11H14N2O5/c1-7-3-4-10(9(5-7)13(16)17)18-6-8(12-2)11(14)15/h3-5,8,12H,6H2,1-2H3,(H,14,15). The third-order valence-electron chi connectivity index (χ3n) is 2.36. The number of nitro groups is 1. The van der Waals surface area contributed by atoms with Crippen LogP contribution in [0.3, 0.4) is 0 Å². The van der Waals surface area contributed by atoms with Crippen LogP contribution < -0.4 is 10.1 Å². The molecule has 1 rings (SSSR count).